The number of hydrogen-bond donors (Lipinski definition) is 0. The van der Waals surface area contributed by atoms with Gasteiger partial charge in [0.05, 0.1) is 0 Å². The standard InChI is InChI=1S/C19H17OP.Rh/c20-16-21(17-10-4-1-5-11-17,18-12-6-2-7-13-18)19-14-8-3-9-15-19;/h1-16,21H;. The van der Waals surface area contributed by atoms with E-state index in [1.807, 2.05) is 54.6 Å². The zero-order valence-corrected chi connectivity index (χ0v) is 14.6. The molecule has 0 bridgehead atoms. The third-order valence-corrected chi connectivity index (χ3v) is 7.95. The van der Waals surface area contributed by atoms with Gasteiger partial charge in [0.2, 0.25) is 0 Å². The Morgan fingerprint density at radius 2 is 0.818 bits per heavy atom. The average Bonchev–Trinajstić information content (AvgIpc) is 2.59. The van der Waals surface area contributed by atoms with Gasteiger partial charge < -0.3 is 0 Å². The molecule has 0 aliphatic rings. The summed E-state index contributed by atoms with van der Waals surface area (Å²) in [7, 11) is -2.58. The fourth-order valence-corrected chi connectivity index (χ4v) is 6.37. The molecule has 0 aliphatic carbocycles. The van der Waals surface area contributed by atoms with E-state index in [9.17, 15) is 4.79 Å². The largest absolute Gasteiger partial charge is 0 e. The van der Waals surface area contributed by atoms with Crippen molar-refractivity contribution in [3.8, 4) is 0 Å². The summed E-state index contributed by atoms with van der Waals surface area (Å²) in [6.45, 7) is 0. The maximum Gasteiger partial charge on any atom is 0 e. The van der Waals surface area contributed by atoms with Crippen molar-refractivity contribution < 1.29 is 24.3 Å². The zero-order valence-electron chi connectivity index (χ0n) is 12.0. The van der Waals surface area contributed by atoms with Gasteiger partial charge in [-0.3, -0.25) is 0 Å². The molecule has 0 N–H and O–H groups in total. The first kappa shape index (κ1) is 16.7. The smallest absolute Gasteiger partial charge is 0 e. The van der Waals surface area contributed by atoms with Crippen LogP contribution in [0, 0.1) is 0 Å². The van der Waals surface area contributed by atoms with Crippen molar-refractivity contribution in [1.82, 2.24) is 0 Å². The SMILES string of the molecule is O=C[PH](c1ccccc1)(c1ccccc1)c1ccccc1.[Rh]. The van der Waals surface area contributed by atoms with E-state index in [2.05, 4.69) is 36.4 Å². The van der Waals surface area contributed by atoms with E-state index >= 15 is 0 Å². The number of benzene rings is 3. The van der Waals surface area contributed by atoms with Crippen LogP contribution < -0.4 is 15.9 Å². The van der Waals surface area contributed by atoms with E-state index in [1.54, 1.807) is 0 Å². The topological polar surface area (TPSA) is 17.1 Å². The molecule has 0 aliphatic heterocycles. The molecule has 0 saturated carbocycles. The summed E-state index contributed by atoms with van der Waals surface area (Å²) in [6, 6.07) is 31.6. The Hall–Kier alpha value is -1.62. The molecule has 113 valence electrons. The minimum Gasteiger partial charge on any atom is 0 e. The third kappa shape index (κ3) is 2.95. The van der Waals surface area contributed by atoms with Crippen LogP contribution in [0.15, 0.2) is 91.0 Å². The second-order valence-corrected chi connectivity index (χ2v) is 8.61. The van der Waals surface area contributed by atoms with Crippen molar-refractivity contribution in [2.24, 2.45) is 0 Å². The summed E-state index contributed by atoms with van der Waals surface area (Å²) in [5.41, 5.74) is 0. The van der Waals surface area contributed by atoms with Crippen LogP contribution in [0.4, 0.5) is 0 Å². The van der Waals surface area contributed by atoms with Gasteiger partial charge in [-0.15, -0.1) is 0 Å². The van der Waals surface area contributed by atoms with Gasteiger partial charge in [0.1, 0.15) is 0 Å². The Kier molecular flexibility index (Phi) is 5.78. The molecule has 3 rings (SSSR count). The van der Waals surface area contributed by atoms with Gasteiger partial charge in [-0.25, -0.2) is 0 Å². The quantitative estimate of drug-likeness (QED) is 0.377. The van der Waals surface area contributed by atoms with Crippen LogP contribution >= 0.6 is 7.26 Å². The molecule has 1 radical (unpaired) electrons. The number of carbonyl (C=O) groups excluding carboxylic acids is 1. The van der Waals surface area contributed by atoms with Crippen molar-refractivity contribution >= 4 is 29.2 Å². The number of rotatable bonds is 4. The Labute approximate surface area is 144 Å². The molecule has 0 spiro atoms. The van der Waals surface area contributed by atoms with Gasteiger partial charge in [-0.2, -0.15) is 0 Å². The van der Waals surface area contributed by atoms with E-state index in [0.29, 0.717) is 0 Å². The third-order valence-electron chi connectivity index (χ3n) is 3.86. The van der Waals surface area contributed by atoms with Gasteiger partial charge in [0.15, 0.2) is 0 Å². The first-order chi connectivity index (χ1) is 10.4. The molecule has 0 saturated heterocycles. The van der Waals surface area contributed by atoms with Gasteiger partial charge >= 0.3 is 125 Å². The van der Waals surface area contributed by atoms with Crippen LogP contribution in [0.3, 0.4) is 0 Å². The van der Waals surface area contributed by atoms with Crippen molar-refractivity contribution in [1.29, 1.82) is 0 Å². The molecule has 1 nitrogen and oxygen atoms in total. The molecular formula is C19H17OPRh. The average molecular weight is 395 g/mol. The van der Waals surface area contributed by atoms with Crippen LogP contribution in [0.1, 0.15) is 0 Å². The van der Waals surface area contributed by atoms with Crippen LogP contribution in [0.2, 0.25) is 0 Å². The van der Waals surface area contributed by atoms with Crippen LogP contribution in [-0.2, 0) is 24.3 Å². The first-order valence-corrected chi connectivity index (χ1v) is 9.08. The second kappa shape index (κ2) is 7.59. The van der Waals surface area contributed by atoms with Crippen LogP contribution in [0.25, 0.3) is 0 Å². The number of carbonyl (C=O) groups is 1. The first-order valence-electron chi connectivity index (χ1n) is 7.01. The van der Waals surface area contributed by atoms with Crippen molar-refractivity contribution in [3.63, 3.8) is 0 Å². The van der Waals surface area contributed by atoms with Gasteiger partial charge in [-0.1, -0.05) is 0 Å². The normalized spacial score (nSPS) is 11.3. The minimum absolute atomic E-state index is 0. The molecule has 0 fully saturated rings. The zero-order chi connectivity index (χ0) is 14.5. The molecule has 0 amide bonds. The molecule has 0 atom stereocenters. The number of hydrogen-bond acceptors (Lipinski definition) is 1. The Morgan fingerprint density at radius 3 is 1.05 bits per heavy atom. The minimum atomic E-state index is -2.58. The summed E-state index contributed by atoms with van der Waals surface area (Å²) in [5, 5.41) is 3.37. The maximum atomic E-state index is 12.3. The fourth-order valence-electron chi connectivity index (χ4n) is 2.81. The van der Waals surface area contributed by atoms with Gasteiger partial charge in [0.25, 0.3) is 0 Å². The monoisotopic (exact) mass is 395 g/mol. The molecule has 3 aromatic carbocycles. The Balaban J connectivity index is 0.00000176. The predicted octanol–water partition coefficient (Wildman–Crippen LogP) is 2.90. The fraction of sp³-hybridized carbons (Fsp3) is 0. The van der Waals surface area contributed by atoms with Gasteiger partial charge in [0, 0.05) is 19.5 Å². The Bertz CT molecular complexity index is 618. The van der Waals surface area contributed by atoms with E-state index < -0.39 is 7.26 Å². The summed E-state index contributed by atoms with van der Waals surface area (Å²) in [4.78, 5) is 12.3. The van der Waals surface area contributed by atoms with Crippen LogP contribution in [-0.4, -0.2) is 6.03 Å². The summed E-state index contributed by atoms with van der Waals surface area (Å²) < 4.78 is 0. The van der Waals surface area contributed by atoms with Crippen molar-refractivity contribution in [3.05, 3.63) is 91.0 Å². The summed E-state index contributed by atoms with van der Waals surface area (Å²) in [6.07, 6.45) is 0. The Morgan fingerprint density at radius 1 is 0.545 bits per heavy atom. The van der Waals surface area contributed by atoms with Crippen molar-refractivity contribution in [2.45, 2.75) is 0 Å². The van der Waals surface area contributed by atoms with E-state index in [-0.39, 0.29) is 19.5 Å². The van der Waals surface area contributed by atoms with Gasteiger partial charge in [-0.05, 0) is 0 Å². The summed E-state index contributed by atoms with van der Waals surface area (Å²) >= 11 is 0. The van der Waals surface area contributed by atoms with Crippen LogP contribution in [0.5, 0.6) is 0 Å². The maximum absolute atomic E-state index is 12.3. The molecule has 0 heterocycles. The van der Waals surface area contributed by atoms with E-state index in [0.717, 1.165) is 15.9 Å². The molecule has 0 aromatic heterocycles. The van der Waals surface area contributed by atoms with Crippen molar-refractivity contribution in [2.75, 3.05) is 0 Å². The summed E-state index contributed by atoms with van der Waals surface area (Å²) in [5.74, 6) is 0. The van der Waals surface area contributed by atoms with E-state index in [1.165, 1.54) is 6.03 Å². The van der Waals surface area contributed by atoms with E-state index in [4.69, 9.17) is 0 Å². The molecule has 0 unspecified atom stereocenters. The molecular weight excluding hydrogens is 378 g/mol. The molecule has 22 heavy (non-hydrogen) atoms. The molecule has 3 aromatic rings. The second-order valence-electron chi connectivity index (χ2n) is 5.02. The predicted molar refractivity (Wildman–Crippen MR) is 93.3 cm³/mol. The molecule has 3 heteroatoms.